The molecular formula is C13H8F6N2OS. The second-order valence-corrected chi connectivity index (χ2v) is 5.59. The molecule has 2 rings (SSSR count). The molecule has 0 amide bonds. The van der Waals surface area contributed by atoms with Gasteiger partial charge in [-0.3, -0.25) is 4.79 Å². The summed E-state index contributed by atoms with van der Waals surface area (Å²) in [4.78, 5) is 10.7. The van der Waals surface area contributed by atoms with Crippen molar-refractivity contribution in [2.75, 3.05) is 5.75 Å². The highest BCUT2D eigenvalue weighted by Crippen LogP contribution is 2.47. The first kappa shape index (κ1) is 17.5. The lowest BCUT2D eigenvalue weighted by Gasteiger charge is -2.26. The number of carbonyl (C=O) groups is 1. The largest absolute Gasteiger partial charge is 0.423 e. The van der Waals surface area contributed by atoms with Crippen molar-refractivity contribution < 1.29 is 31.1 Å². The Morgan fingerprint density at radius 3 is 2.35 bits per heavy atom. The average molecular weight is 354 g/mol. The van der Waals surface area contributed by atoms with Gasteiger partial charge in [0.25, 0.3) is 0 Å². The van der Waals surface area contributed by atoms with Crippen molar-refractivity contribution in [1.82, 2.24) is 0 Å². The number of nitrogens with zero attached hydrogens (tertiary/aromatic N) is 2. The van der Waals surface area contributed by atoms with Gasteiger partial charge in [0.1, 0.15) is 0 Å². The molecule has 0 saturated heterocycles. The molecule has 0 saturated carbocycles. The molecule has 0 radical (unpaired) electrons. The molecule has 1 aliphatic heterocycles. The van der Waals surface area contributed by atoms with Crippen LogP contribution in [-0.4, -0.2) is 24.4 Å². The fourth-order valence-electron chi connectivity index (χ4n) is 1.92. The molecule has 1 unspecified atom stereocenters. The number of thioether (sulfide) groups is 1. The van der Waals surface area contributed by atoms with Crippen LogP contribution in [0.5, 0.6) is 0 Å². The van der Waals surface area contributed by atoms with Gasteiger partial charge < -0.3 is 0 Å². The number of halogens is 6. The molecule has 124 valence electrons. The maximum atomic E-state index is 13.3. The van der Waals surface area contributed by atoms with Crippen LogP contribution in [0.25, 0.3) is 0 Å². The Morgan fingerprint density at radius 1 is 1.17 bits per heavy atom. The first-order valence-electron chi connectivity index (χ1n) is 6.05. The molecule has 0 aromatic heterocycles. The molecule has 0 fully saturated rings. The minimum absolute atomic E-state index is 0.126. The van der Waals surface area contributed by atoms with E-state index in [0.717, 1.165) is 24.4 Å². The number of alkyl halides is 6. The van der Waals surface area contributed by atoms with Crippen LogP contribution in [0.3, 0.4) is 0 Å². The van der Waals surface area contributed by atoms with Crippen molar-refractivity contribution in [2.45, 2.75) is 22.8 Å². The zero-order valence-electron chi connectivity index (χ0n) is 11.1. The van der Waals surface area contributed by atoms with Crippen molar-refractivity contribution in [2.24, 2.45) is 10.2 Å². The third kappa shape index (κ3) is 3.57. The number of hydrogen-bond donors (Lipinski definition) is 0. The van der Waals surface area contributed by atoms with Crippen molar-refractivity contribution in [3.8, 4) is 0 Å². The van der Waals surface area contributed by atoms with Crippen LogP contribution >= 0.6 is 11.8 Å². The van der Waals surface area contributed by atoms with E-state index >= 15 is 0 Å². The first-order chi connectivity index (χ1) is 10.6. The molecule has 0 N–H and O–H groups in total. The van der Waals surface area contributed by atoms with Crippen LogP contribution in [0.15, 0.2) is 45.6 Å². The number of carbonyl (C=O) groups excluding carboxylic acids is 1. The van der Waals surface area contributed by atoms with Crippen LogP contribution in [0.1, 0.15) is 15.9 Å². The highest BCUT2D eigenvalue weighted by atomic mass is 32.2. The Balaban J connectivity index is 2.46. The molecular weight excluding hydrogens is 346 g/mol. The minimum Gasteiger partial charge on any atom is -0.298 e. The average Bonchev–Trinajstić information content (AvgIpc) is 2.94. The third-order valence-electron chi connectivity index (χ3n) is 3.00. The molecule has 0 bridgehead atoms. The van der Waals surface area contributed by atoms with Gasteiger partial charge in [-0.25, -0.2) is 0 Å². The fraction of sp³-hybridized carbons (Fsp3) is 0.308. The maximum absolute atomic E-state index is 13.3. The number of azo groups is 1. The SMILES string of the molecule is O=Cc1ccc(C2(C(F)(F)F)C=CN=N2)cc1SCC(F)(F)F. The second-order valence-electron chi connectivity index (χ2n) is 4.57. The van der Waals surface area contributed by atoms with E-state index < -0.39 is 29.2 Å². The topological polar surface area (TPSA) is 41.8 Å². The summed E-state index contributed by atoms with van der Waals surface area (Å²) < 4.78 is 76.9. The fourth-order valence-corrected chi connectivity index (χ4v) is 2.73. The van der Waals surface area contributed by atoms with Gasteiger partial charge in [-0.15, -0.1) is 11.8 Å². The Bertz CT molecular complexity index is 653. The molecule has 1 aliphatic rings. The maximum Gasteiger partial charge on any atom is 0.423 e. The van der Waals surface area contributed by atoms with E-state index in [9.17, 15) is 31.1 Å². The molecule has 10 heteroatoms. The first-order valence-corrected chi connectivity index (χ1v) is 7.03. The normalized spacial score (nSPS) is 21.0. The van der Waals surface area contributed by atoms with E-state index in [1.807, 2.05) is 0 Å². The molecule has 1 atom stereocenters. The summed E-state index contributed by atoms with van der Waals surface area (Å²) >= 11 is 0.241. The molecule has 1 heterocycles. The molecule has 0 aliphatic carbocycles. The second kappa shape index (κ2) is 5.99. The van der Waals surface area contributed by atoms with Gasteiger partial charge in [-0.05, 0) is 17.7 Å². The summed E-state index contributed by atoms with van der Waals surface area (Å²) in [5.74, 6) is -1.33. The standard InChI is InChI=1S/C13H8F6N2OS/c14-12(15,16)7-23-10-5-9(2-1-8(10)6-22)11(13(17,18)19)3-4-20-21-11/h1-6H,7H2. The summed E-state index contributed by atoms with van der Waals surface area (Å²) in [7, 11) is 0. The van der Waals surface area contributed by atoms with Crippen LogP contribution in [0.2, 0.25) is 0 Å². The highest BCUT2D eigenvalue weighted by molar-refractivity contribution is 7.99. The van der Waals surface area contributed by atoms with E-state index in [4.69, 9.17) is 0 Å². The van der Waals surface area contributed by atoms with Gasteiger partial charge in [-0.1, -0.05) is 12.1 Å². The summed E-state index contributed by atoms with van der Waals surface area (Å²) in [5.41, 5.74) is -3.28. The van der Waals surface area contributed by atoms with Crippen LogP contribution in [0.4, 0.5) is 26.3 Å². The van der Waals surface area contributed by atoms with Crippen molar-refractivity contribution >= 4 is 18.0 Å². The van der Waals surface area contributed by atoms with Gasteiger partial charge in [0.2, 0.25) is 5.54 Å². The summed E-state index contributed by atoms with van der Waals surface area (Å²) in [6.45, 7) is 0. The van der Waals surface area contributed by atoms with Gasteiger partial charge in [0, 0.05) is 16.7 Å². The quantitative estimate of drug-likeness (QED) is 0.439. The predicted molar refractivity (Wildman–Crippen MR) is 70.3 cm³/mol. The molecule has 0 spiro atoms. The molecule has 23 heavy (non-hydrogen) atoms. The third-order valence-corrected chi connectivity index (χ3v) is 4.14. The minimum atomic E-state index is -4.82. The van der Waals surface area contributed by atoms with Gasteiger partial charge >= 0.3 is 12.4 Å². The number of rotatable bonds is 4. The summed E-state index contributed by atoms with van der Waals surface area (Å²) in [6, 6.07) is 2.93. The monoisotopic (exact) mass is 354 g/mol. The van der Waals surface area contributed by atoms with E-state index in [1.54, 1.807) is 0 Å². The van der Waals surface area contributed by atoms with Crippen LogP contribution in [-0.2, 0) is 5.54 Å². The number of hydrogen-bond acceptors (Lipinski definition) is 4. The Morgan fingerprint density at radius 2 is 1.87 bits per heavy atom. The van der Waals surface area contributed by atoms with E-state index in [-0.39, 0.29) is 28.5 Å². The molecule has 3 nitrogen and oxygen atoms in total. The lowest BCUT2D eigenvalue weighted by molar-refractivity contribution is -0.174. The lowest BCUT2D eigenvalue weighted by Crippen LogP contribution is -2.37. The lowest BCUT2D eigenvalue weighted by atomic mass is 9.90. The van der Waals surface area contributed by atoms with E-state index in [2.05, 4.69) is 10.2 Å². The van der Waals surface area contributed by atoms with Gasteiger partial charge in [0.05, 0.1) is 5.75 Å². The summed E-state index contributed by atoms with van der Waals surface area (Å²) in [6.07, 6.45) is -7.48. The van der Waals surface area contributed by atoms with Crippen molar-refractivity contribution in [1.29, 1.82) is 0 Å². The number of benzene rings is 1. The van der Waals surface area contributed by atoms with Gasteiger partial charge in [0.15, 0.2) is 6.29 Å². The Kier molecular flexibility index (Phi) is 4.56. The van der Waals surface area contributed by atoms with Gasteiger partial charge in [-0.2, -0.15) is 36.6 Å². The summed E-state index contributed by atoms with van der Waals surface area (Å²) in [5, 5.41) is 6.39. The highest BCUT2D eigenvalue weighted by Gasteiger charge is 2.56. The van der Waals surface area contributed by atoms with E-state index in [0.29, 0.717) is 6.08 Å². The zero-order chi connectivity index (χ0) is 17.3. The van der Waals surface area contributed by atoms with Crippen molar-refractivity contribution in [3.63, 3.8) is 0 Å². The zero-order valence-corrected chi connectivity index (χ0v) is 12.0. The Hall–Kier alpha value is -1.84. The van der Waals surface area contributed by atoms with Crippen LogP contribution in [0, 0.1) is 0 Å². The van der Waals surface area contributed by atoms with E-state index in [1.165, 1.54) is 0 Å². The Labute approximate surface area is 130 Å². The smallest absolute Gasteiger partial charge is 0.298 e. The van der Waals surface area contributed by atoms with Crippen LogP contribution < -0.4 is 0 Å². The van der Waals surface area contributed by atoms with Crippen molar-refractivity contribution in [3.05, 3.63) is 41.6 Å². The molecule has 1 aromatic carbocycles. The predicted octanol–water partition coefficient (Wildman–Crippen LogP) is 4.89. The number of aldehydes is 1. The molecule has 1 aromatic rings.